The van der Waals surface area contributed by atoms with E-state index in [4.69, 9.17) is 0 Å². The van der Waals surface area contributed by atoms with Crippen LogP contribution >= 0.6 is 0 Å². The van der Waals surface area contributed by atoms with Crippen molar-refractivity contribution in [1.82, 2.24) is 9.55 Å². The van der Waals surface area contributed by atoms with Gasteiger partial charge in [0.15, 0.2) is 5.78 Å². The van der Waals surface area contributed by atoms with Crippen LogP contribution in [0.2, 0.25) is 0 Å². The molecule has 30 heavy (non-hydrogen) atoms. The lowest BCUT2D eigenvalue weighted by Crippen LogP contribution is -2.07. The maximum absolute atomic E-state index is 13.2. The Balaban J connectivity index is 2.19. The van der Waals surface area contributed by atoms with Crippen LogP contribution in [0.1, 0.15) is 34.7 Å². The number of benzene rings is 1. The van der Waals surface area contributed by atoms with Crippen LogP contribution in [-0.4, -0.2) is 15.3 Å². The lowest BCUT2D eigenvalue weighted by molar-refractivity contribution is -0.137. The Morgan fingerprint density at radius 1 is 1.30 bits per heavy atom. The van der Waals surface area contributed by atoms with Crippen LogP contribution in [0.5, 0.6) is 0 Å². The van der Waals surface area contributed by atoms with Crippen molar-refractivity contribution in [3.8, 4) is 6.07 Å². The summed E-state index contributed by atoms with van der Waals surface area (Å²) in [6.45, 7) is 6.84. The summed E-state index contributed by atoms with van der Waals surface area (Å²) in [6, 6.07) is 7.52. The third kappa shape index (κ3) is 4.18. The van der Waals surface area contributed by atoms with Crippen molar-refractivity contribution in [2.75, 3.05) is 0 Å². The van der Waals surface area contributed by atoms with E-state index in [0.717, 1.165) is 17.7 Å². The number of ketones is 1. The molecule has 0 fully saturated rings. The molecule has 0 saturated heterocycles. The lowest BCUT2D eigenvalue weighted by Gasteiger charge is -2.12. The smallest absolute Gasteiger partial charge is 0.327 e. The topological polar surface area (TPSA) is 58.7 Å². The summed E-state index contributed by atoms with van der Waals surface area (Å²) < 4.78 is 41.3. The van der Waals surface area contributed by atoms with Crippen molar-refractivity contribution in [3.63, 3.8) is 0 Å². The predicted octanol–water partition coefficient (Wildman–Crippen LogP) is 5.55. The highest BCUT2D eigenvalue weighted by Gasteiger charge is 2.31. The third-order valence-electron chi connectivity index (χ3n) is 4.66. The molecule has 2 heterocycles. The average Bonchev–Trinajstić information content (AvgIpc) is 3.02. The fraction of sp³-hybridized carbons (Fsp3) is 0.174. The van der Waals surface area contributed by atoms with Gasteiger partial charge >= 0.3 is 6.18 Å². The fourth-order valence-electron chi connectivity index (χ4n) is 3.35. The van der Waals surface area contributed by atoms with Crippen molar-refractivity contribution in [1.29, 1.82) is 5.26 Å². The Bertz CT molecular complexity index is 1230. The first kappa shape index (κ1) is 21.1. The fourth-order valence-corrected chi connectivity index (χ4v) is 3.35. The first-order valence-corrected chi connectivity index (χ1v) is 9.05. The van der Waals surface area contributed by atoms with Crippen LogP contribution in [0.3, 0.4) is 0 Å². The van der Waals surface area contributed by atoms with Crippen LogP contribution < -0.4 is 0 Å². The van der Waals surface area contributed by atoms with Gasteiger partial charge in [-0.2, -0.15) is 18.4 Å². The zero-order chi connectivity index (χ0) is 22.1. The van der Waals surface area contributed by atoms with Crippen LogP contribution in [-0.2, 0) is 17.5 Å². The van der Waals surface area contributed by atoms with Gasteiger partial charge in [-0.3, -0.25) is 4.79 Å². The summed E-state index contributed by atoms with van der Waals surface area (Å²) in [7, 11) is 0. The summed E-state index contributed by atoms with van der Waals surface area (Å²) in [4.78, 5) is 16.1. The second-order valence-electron chi connectivity index (χ2n) is 6.95. The van der Waals surface area contributed by atoms with E-state index >= 15 is 0 Å². The van der Waals surface area contributed by atoms with Gasteiger partial charge in [0.1, 0.15) is 11.7 Å². The molecule has 0 bridgehead atoms. The Hall–Kier alpha value is -3.66. The van der Waals surface area contributed by atoms with Crippen molar-refractivity contribution in [2.24, 2.45) is 0 Å². The molecule has 1 aromatic carbocycles. The number of pyridine rings is 1. The molecule has 0 radical (unpaired) electrons. The number of hydrogen-bond donors (Lipinski definition) is 0. The number of hydrogen-bond acceptors (Lipinski definition) is 3. The number of alkyl halides is 3. The van der Waals surface area contributed by atoms with Crippen molar-refractivity contribution < 1.29 is 18.0 Å². The number of carbonyl (C=O) groups is 1. The highest BCUT2D eigenvalue weighted by molar-refractivity contribution is 6.04. The first-order valence-electron chi connectivity index (χ1n) is 9.05. The van der Waals surface area contributed by atoms with Crippen LogP contribution in [0.4, 0.5) is 13.2 Å². The van der Waals surface area contributed by atoms with Gasteiger partial charge in [0.2, 0.25) is 0 Å². The van der Waals surface area contributed by atoms with E-state index in [9.17, 15) is 23.2 Å². The number of halogens is 3. The summed E-state index contributed by atoms with van der Waals surface area (Å²) in [6.07, 6.45) is 1.91. The van der Waals surface area contributed by atoms with E-state index in [1.807, 2.05) is 6.07 Å². The number of aryl methyl sites for hydroxylation is 1. The Morgan fingerprint density at radius 3 is 2.63 bits per heavy atom. The molecule has 7 heteroatoms. The zero-order valence-electron chi connectivity index (χ0n) is 16.4. The highest BCUT2D eigenvalue weighted by Crippen LogP contribution is 2.32. The number of fused-ring (bicyclic) bond motifs is 1. The van der Waals surface area contributed by atoms with Gasteiger partial charge in [0.25, 0.3) is 0 Å². The molecule has 0 spiro atoms. The summed E-state index contributed by atoms with van der Waals surface area (Å²) in [5, 5.41) is 9.92. The molecule has 152 valence electrons. The second-order valence-corrected chi connectivity index (χ2v) is 6.95. The van der Waals surface area contributed by atoms with Crippen LogP contribution in [0, 0.1) is 18.3 Å². The van der Waals surface area contributed by atoms with E-state index in [2.05, 4.69) is 11.6 Å². The normalized spacial score (nSPS) is 12.1. The first-order chi connectivity index (χ1) is 14.1. The van der Waals surface area contributed by atoms with Gasteiger partial charge in [-0.15, -0.1) is 0 Å². The molecule has 4 nitrogen and oxygen atoms in total. The summed E-state index contributed by atoms with van der Waals surface area (Å²) in [5.74, 6) is -0.379. The molecule has 0 aliphatic heterocycles. The SMILES string of the molecule is C=Cc1ccnc2c1c(/C=C(\C#N)C(C)=O)cn2Cc1cc(C)cc(C(F)(F)F)c1. The standard InChI is InChI=1S/C23H18F3N3O/c1-4-17-5-6-28-22-21(17)19(10-18(11-27)15(3)30)13-29(22)12-16-7-14(2)8-20(9-16)23(24,25)26/h4-10,13H,1,12H2,2-3H3/b18-10+. The highest BCUT2D eigenvalue weighted by atomic mass is 19.4. The predicted molar refractivity (Wildman–Crippen MR) is 109 cm³/mol. The Labute approximate surface area is 171 Å². The van der Waals surface area contributed by atoms with Gasteiger partial charge in [-0.25, -0.2) is 4.98 Å². The number of rotatable bonds is 5. The van der Waals surface area contributed by atoms with Crippen LogP contribution in [0.15, 0.2) is 48.8 Å². The maximum Gasteiger partial charge on any atom is 0.416 e. The molecule has 0 aliphatic carbocycles. The molecule has 0 atom stereocenters. The molecular formula is C23H18F3N3O. The molecule has 0 amide bonds. The zero-order valence-corrected chi connectivity index (χ0v) is 16.4. The van der Waals surface area contributed by atoms with Gasteiger partial charge < -0.3 is 4.57 Å². The van der Waals surface area contributed by atoms with Gasteiger partial charge in [0.05, 0.1) is 11.1 Å². The Kier molecular flexibility index (Phi) is 5.61. The van der Waals surface area contributed by atoms with E-state index in [-0.39, 0.29) is 17.9 Å². The van der Waals surface area contributed by atoms with E-state index in [1.54, 1.807) is 42.1 Å². The minimum Gasteiger partial charge on any atom is -0.327 e. The van der Waals surface area contributed by atoms with Gasteiger partial charge in [0, 0.05) is 29.9 Å². The third-order valence-corrected chi connectivity index (χ3v) is 4.66. The van der Waals surface area contributed by atoms with Crippen molar-refractivity contribution in [2.45, 2.75) is 26.6 Å². The molecule has 0 unspecified atom stereocenters. The number of carbonyl (C=O) groups excluding carboxylic acids is 1. The molecule has 2 aromatic heterocycles. The number of nitriles is 1. The number of aromatic nitrogens is 2. The minimum atomic E-state index is -4.44. The molecule has 3 aromatic rings. The Morgan fingerprint density at radius 2 is 2.03 bits per heavy atom. The lowest BCUT2D eigenvalue weighted by atomic mass is 10.1. The average molecular weight is 409 g/mol. The van der Waals surface area contributed by atoms with E-state index in [0.29, 0.717) is 27.7 Å². The monoisotopic (exact) mass is 409 g/mol. The van der Waals surface area contributed by atoms with Crippen molar-refractivity contribution >= 4 is 29.0 Å². The van der Waals surface area contributed by atoms with Crippen molar-refractivity contribution in [3.05, 3.63) is 76.6 Å². The second kappa shape index (κ2) is 7.99. The minimum absolute atomic E-state index is 0.0252. The molecule has 3 rings (SSSR count). The molecule has 0 N–H and O–H groups in total. The van der Waals surface area contributed by atoms with E-state index < -0.39 is 11.7 Å². The molecular weight excluding hydrogens is 391 g/mol. The summed E-state index contributed by atoms with van der Waals surface area (Å²) in [5.41, 5.74) is 2.07. The van der Waals surface area contributed by atoms with E-state index in [1.165, 1.54) is 13.0 Å². The number of nitrogens with zero attached hydrogens (tertiary/aromatic N) is 3. The summed E-state index contributed by atoms with van der Waals surface area (Å²) >= 11 is 0. The van der Waals surface area contributed by atoms with Gasteiger partial charge in [-0.1, -0.05) is 24.3 Å². The van der Waals surface area contributed by atoms with Gasteiger partial charge in [-0.05, 0) is 49.2 Å². The number of Topliss-reactive ketones (excluding diaryl/α,β-unsaturated/α-hetero) is 1. The molecule has 0 aliphatic rings. The number of allylic oxidation sites excluding steroid dienone is 1. The quantitative estimate of drug-likeness (QED) is 0.410. The largest absolute Gasteiger partial charge is 0.416 e. The molecule has 0 saturated carbocycles. The maximum atomic E-state index is 13.2. The van der Waals surface area contributed by atoms with Crippen LogP contribution in [0.25, 0.3) is 23.2 Å².